The van der Waals surface area contributed by atoms with Crippen molar-refractivity contribution >= 4 is 15.9 Å². The van der Waals surface area contributed by atoms with Crippen LogP contribution < -0.4 is 0 Å². The topological polar surface area (TPSA) is 38.9 Å². The molecule has 1 aromatic carbocycles. The third-order valence-electron chi connectivity index (χ3n) is 2.04. The lowest BCUT2D eigenvalue weighted by Crippen LogP contribution is -2.03. The van der Waals surface area contributed by atoms with Crippen molar-refractivity contribution < 1.29 is 17.6 Å². The van der Waals surface area contributed by atoms with Gasteiger partial charge in [0.1, 0.15) is 0 Å². The van der Waals surface area contributed by atoms with E-state index in [2.05, 4.69) is 26.1 Å². The maximum Gasteiger partial charge on any atom is 0.416 e. The highest BCUT2D eigenvalue weighted by Crippen LogP contribution is 2.30. The van der Waals surface area contributed by atoms with Crippen LogP contribution in [0.4, 0.5) is 13.2 Å². The number of rotatable bonds is 2. The first kappa shape index (κ1) is 12.1. The smallest absolute Gasteiger partial charge is 0.416 e. The molecule has 0 bridgehead atoms. The maximum atomic E-state index is 12.3. The van der Waals surface area contributed by atoms with E-state index in [0.717, 1.165) is 12.1 Å². The first-order chi connectivity index (χ1) is 8.00. The zero-order chi connectivity index (χ0) is 12.5. The molecule has 0 spiro atoms. The van der Waals surface area contributed by atoms with Crippen molar-refractivity contribution in [2.24, 2.45) is 0 Å². The highest BCUT2D eigenvalue weighted by molar-refractivity contribution is 9.08. The summed E-state index contributed by atoms with van der Waals surface area (Å²) in [5.41, 5.74) is -0.251. The lowest BCUT2D eigenvalue weighted by Gasteiger charge is -2.05. The monoisotopic (exact) mass is 306 g/mol. The second-order valence-electron chi connectivity index (χ2n) is 3.21. The summed E-state index contributed by atoms with van der Waals surface area (Å²) in [5, 5.41) is 7.82. The van der Waals surface area contributed by atoms with Crippen LogP contribution in [0, 0.1) is 0 Å². The Balaban J connectivity index is 2.29. The van der Waals surface area contributed by atoms with Crippen LogP contribution in [-0.4, -0.2) is 10.2 Å². The van der Waals surface area contributed by atoms with Gasteiger partial charge in [-0.25, -0.2) is 0 Å². The number of halogens is 4. The van der Waals surface area contributed by atoms with Crippen LogP contribution in [0.15, 0.2) is 28.7 Å². The zero-order valence-corrected chi connectivity index (χ0v) is 9.92. The number of hydrogen-bond donors (Lipinski definition) is 0. The Kier molecular flexibility index (Phi) is 3.19. The van der Waals surface area contributed by atoms with Gasteiger partial charge in [0.15, 0.2) is 0 Å². The van der Waals surface area contributed by atoms with Crippen molar-refractivity contribution in [2.45, 2.75) is 11.5 Å². The molecule has 0 fully saturated rings. The number of aromatic nitrogens is 2. The van der Waals surface area contributed by atoms with Gasteiger partial charge >= 0.3 is 6.18 Å². The van der Waals surface area contributed by atoms with E-state index >= 15 is 0 Å². The predicted molar refractivity (Wildman–Crippen MR) is 57.4 cm³/mol. The van der Waals surface area contributed by atoms with Crippen LogP contribution in [-0.2, 0) is 11.5 Å². The Hall–Kier alpha value is -1.37. The third kappa shape index (κ3) is 2.66. The molecule has 0 aliphatic heterocycles. The maximum absolute atomic E-state index is 12.3. The Morgan fingerprint density at radius 1 is 1.12 bits per heavy atom. The molecule has 0 radical (unpaired) electrons. The molecule has 0 aliphatic rings. The predicted octanol–water partition coefficient (Wildman–Crippen LogP) is 3.65. The number of hydrogen-bond acceptors (Lipinski definition) is 3. The van der Waals surface area contributed by atoms with Gasteiger partial charge in [-0.3, -0.25) is 0 Å². The summed E-state index contributed by atoms with van der Waals surface area (Å²) >= 11 is 3.14. The molecule has 7 heteroatoms. The summed E-state index contributed by atoms with van der Waals surface area (Å²) in [6, 6.07) is 4.56. The standard InChI is InChI=1S/C10H6BrF3N2O/c11-5-8-15-16-9(17-8)6-1-3-7(4-2-6)10(12,13)14/h1-4H,5H2. The van der Waals surface area contributed by atoms with Crippen molar-refractivity contribution in [3.8, 4) is 11.5 Å². The van der Waals surface area contributed by atoms with Gasteiger partial charge in [0.2, 0.25) is 11.8 Å². The van der Waals surface area contributed by atoms with Crippen molar-refractivity contribution in [3.63, 3.8) is 0 Å². The van der Waals surface area contributed by atoms with E-state index in [1.165, 1.54) is 12.1 Å². The number of benzene rings is 1. The quantitative estimate of drug-likeness (QED) is 0.795. The fourth-order valence-electron chi connectivity index (χ4n) is 1.23. The van der Waals surface area contributed by atoms with Crippen LogP contribution in [0.2, 0.25) is 0 Å². The lowest BCUT2D eigenvalue weighted by atomic mass is 10.1. The van der Waals surface area contributed by atoms with Gasteiger partial charge in [-0.15, -0.1) is 10.2 Å². The molecule has 17 heavy (non-hydrogen) atoms. The lowest BCUT2D eigenvalue weighted by molar-refractivity contribution is -0.137. The molecule has 0 unspecified atom stereocenters. The van der Waals surface area contributed by atoms with Crippen LogP contribution in [0.5, 0.6) is 0 Å². The molecule has 3 nitrogen and oxygen atoms in total. The second kappa shape index (κ2) is 4.48. The van der Waals surface area contributed by atoms with Crippen molar-refractivity contribution in [3.05, 3.63) is 35.7 Å². The van der Waals surface area contributed by atoms with Crippen molar-refractivity contribution in [2.75, 3.05) is 0 Å². The van der Waals surface area contributed by atoms with Gasteiger partial charge in [-0.05, 0) is 24.3 Å². The Labute approximate surface area is 103 Å². The minimum Gasteiger partial charge on any atom is -0.420 e. The molecule has 0 saturated carbocycles. The summed E-state index contributed by atoms with van der Waals surface area (Å²) in [5.74, 6) is 0.577. The van der Waals surface area contributed by atoms with E-state index in [1.54, 1.807) is 0 Å². The summed E-state index contributed by atoms with van der Waals surface area (Å²) < 4.78 is 42.2. The molecular formula is C10H6BrF3N2O. The molecule has 1 aromatic heterocycles. The normalized spacial score (nSPS) is 11.8. The highest BCUT2D eigenvalue weighted by Gasteiger charge is 2.30. The molecule has 0 amide bonds. The largest absolute Gasteiger partial charge is 0.420 e. The molecule has 0 atom stereocenters. The Bertz CT molecular complexity index is 507. The summed E-state index contributed by atoms with van der Waals surface area (Å²) in [6.45, 7) is 0. The molecule has 0 N–H and O–H groups in total. The van der Waals surface area contributed by atoms with Gasteiger partial charge in [-0.1, -0.05) is 15.9 Å². The van der Waals surface area contributed by atoms with Crippen LogP contribution >= 0.6 is 15.9 Å². The van der Waals surface area contributed by atoms with E-state index in [9.17, 15) is 13.2 Å². The Morgan fingerprint density at radius 3 is 2.24 bits per heavy atom. The fraction of sp³-hybridized carbons (Fsp3) is 0.200. The molecule has 1 heterocycles. The number of nitrogens with zero attached hydrogens (tertiary/aromatic N) is 2. The molecular weight excluding hydrogens is 301 g/mol. The van der Waals surface area contributed by atoms with Crippen LogP contribution in [0.25, 0.3) is 11.5 Å². The zero-order valence-electron chi connectivity index (χ0n) is 8.33. The first-order valence-corrected chi connectivity index (χ1v) is 5.69. The number of alkyl halides is 4. The van der Waals surface area contributed by atoms with Gasteiger partial charge in [0, 0.05) is 5.56 Å². The molecule has 90 valence electrons. The van der Waals surface area contributed by atoms with E-state index in [1.807, 2.05) is 0 Å². The average Bonchev–Trinajstić information content (AvgIpc) is 2.76. The second-order valence-corrected chi connectivity index (χ2v) is 3.77. The minimum absolute atomic E-state index is 0.202. The average molecular weight is 307 g/mol. The summed E-state index contributed by atoms with van der Waals surface area (Å²) in [7, 11) is 0. The Morgan fingerprint density at radius 2 is 1.76 bits per heavy atom. The molecule has 2 rings (SSSR count). The molecule has 0 aliphatic carbocycles. The van der Waals surface area contributed by atoms with Crippen molar-refractivity contribution in [1.82, 2.24) is 10.2 Å². The summed E-state index contributed by atoms with van der Waals surface area (Å²) in [4.78, 5) is 0. The SMILES string of the molecule is FC(F)(F)c1ccc(-c2nnc(CBr)o2)cc1. The molecule has 0 saturated heterocycles. The minimum atomic E-state index is -4.34. The van der Waals surface area contributed by atoms with Gasteiger partial charge in [-0.2, -0.15) is 13.2 Å². The van der Waals surface area contributed by atoms with E-state index in [-0.39, 0.29) is 5.89 Å². The van der Waals surface area contributed by atoms with E-state index in [0.29, 0.717) is 16.8 Å². The third-order valence-corrected chi connectivity index (χ3v) is 2.52. The van der Waals surface area contributed by atoms with E-state index in [4.69, 9.17) is 4.42 Å². The first-order valence-electron chi connectivity index (χ1n) is 4.56. The van der Waals surface area contributed by atoms with E-state index < -0.39 is 11.7 Å². The summed E-state index contributed by atoms with van der Waals surface area (Å²) in [6.07, 6.45) is -4.34. The van der Waals surface area contributed by atoms with Gasteiger partial charge < -0.3 is 4.42 Å². The highest BCUT2D eigenvalue weighted by atomic mass is 79.9. The fourth-order valence-corrected chi connectivity index (χ4v) is 1.45. The molecule has 2 aromatic rings. The van der Waals surface area contributed by atoms with Crippen molar-refractivity contribution in [1.29, 1.82) is 0 Å². The van der Waals surface area contributed by atoms with Crippen LogP contribution in [0.3, 0.4) is 0 Å². The van der Waals surface area contributed by atoms with Crippen LogP contribution in [0.1, 0.15) is 11.5 Å². The van der Waals surface area contributed by atoms with Gasteiger partial charge in [0.25, 0.3) is 0 Å². The van der Waals surface area contributed by atoms with Gasteiger partial charge in [0.05, 0.1) is 10.9 Å².